The van der Waals surface area contributed by atoms with Crippen LogP contribution in [0.2, 0.25) is 5.02 Å². The molecule has 0 aliphatic heterocycles. The molecule has 2 aromatic rings. The van der Waals surface area contributed by atoms with Gasteiger partial charge in [-0.15, -0.1) is 0 Å². The zero-order valence-corrected chi connectivity index (χ0v) is 17.1. The Bertz CT molecular complexity index is 900. The summed E-state index contributed by atoms with van der Waals surface area (Å²) < 4.78 is 1.81. The molecular weight excluding hydrogens is 378 g/mol. The van der Waals surface area contributed by atoms with E-state index in [-0.39, 0.29) is 24.8 Å². The highest BCUT2D eigenvalue weighted by molar-refractivity contribution is 6.30. The van der Waals surface area contributed by atoms with Gasteiger partial charge >= 0.3 is 0 Å². The fourth-order valence-corrected chi connectivity index (χ4v) is 3.15. The Balaban J connectivity index is 1.88. The number of carbonyl (C=O) groups excluding carboxylic acids is 2. The number of anilines is 1. The summed E-state index contributed by atoms with van der Waals surface area (Å²) in [6, 6.07) is 8.96. The summed E-state index contributed by atoms with van der Waals surface area (Å²) in [4.78, 5) is 26.0. The Labute approximate surface area is 169 Å². The molecule has 1 aromatic heterocycles. The van der Waals surface area contributed by atoms with E-state index in [4.69, 9.17) is 16.9 Å². The fourth-order valence-electron chi connectivity index (χ4n) is 2.96. The van der Waals surface area contributed by atoms with Crippen LogP contribution in [0, 0.1) is 25.2 Å². The lowest BCUT2D eigenvalue weighted by Crippen LogP contribution is -2.35. The van der Waals surface area contributed by atoms with E-state index < -0.39 is 0 Å². The molecule has 0 atom stereocenters. The predicted octanol–water partition coefficient (Wildman–Crippen LogP) is 3.10. The van der Waals surface area contributed by atoms with Gasteiger partial charge in [0.15, 0.2) is 0 Å². The zero-order valence-electron chi connectivity index (χ0n) is 16.3. The summed E-state index contributed by atoms with van der Waals surface area (Å²) in [5.41, 5.74) is 3.45. The van der Waals surface area contributed by atoms with Crippen molar-refractivity contribution in [1.82, 2.24) is 14.7 Å². The highest BCUT2D eigenvalue weighted by Crippen LogP contribution is 2.17. The molecule has 1 heterocycles. The van der Waals surface area contributed by atoms with Gasteiger partial charge in [-0.25, -0.2) is 0 Å². The Morgan fingerprint density at radius 1 is 1.36 bits per heavy atom. The number of benzene rings is 1. The van der Waals surface area contributed by atoms with Crippen LogP contribution < -0.4 is 5.32 Å². The number of hydrogen-bond acceptors (Lipinski definition) is 4. The maximum atomic E-state index is 12.4. The van der Waals surface area contributed by atoms with Gasteiger partial charge in [-0.2, -0.15) is 10.4 Å². The molecule has 0 unspecified atom stereocenters. The first-order chi connectivity index (χ1) is 13.3. The molecule has 0 aliphatic carbocycles. The van der Waals surface area contributed by atoms with Gasteiger partial charge in [-0.05, 0) is 44.0 Å². The molecular formula is C20H24ClN5O2. The summed E-state index contributed by atoms with van der Waals surface area (Å²) in [7, 11) is 1.61. The molecule has 1 N–H and O–H groups in total. The highest BCUT2D eigenvalue weighted by Gasteiger charge is 2.16. The van der Waals surface area contributed by atoms with Crippen molar-refractivity contribution in [2.45, 2.75) is 39.7 Å². The molecule has 28 heavy (non-hydrogen) atoms. The van der Waals surface area contributed by atoms with Crippen LogP contribution in [0.4, 0.5) is 5.69 Å². The number of rotatable bonds is 8. The third kappa shape index (κ3) is 5.83. The van der Waals surface area contributed by atoms with Crippen LogP contribution in [-0.2, 0) is 22.6 Å². The summed E-state index contributed by atoms with van der Waals surface area (Å²) >= 11 is 5.90. The van der Waals surface area contributed by atoms with Gasteiger partial charge in [0.05, 0.1) is 31.3 Å². The zero-order chi connectivity index (χ0) is 20.7. The lowest BCUT2D eigenvalue weighted by Gasteiger charge is -2.17. The third-order valence-electron chi connectivity index (χ3n) is 4.47. The minimum atomic E-state index is -0.283. The van der Waals surface area contributed by atoms with Gasteiger partial charge in [0.25, 0.3) is 0 Å². The Hall–Kier alpha value is -2.85. The lowest BCUT2D eigenvalue weighted by molar-refractivity contribution is -0.133. The molecule has 148 valence electrons. The quantitative estimate of drug-likeness (QED) is 0.735. The number of nitriles is 1. The number of aryl methyl sites for hydroxylation is 2. The maximum Gasteiger partial charge on any atom is 0.243 e. The number of hydrogen-bond donors (Lipinski definition) is 1. The van der Waals surface area contributed by atoms with Gasteiger partial charge in [-0.1, -0.05) is 17.7 Å². The average molecular weight is 402 g/mol. The second kappa shape index (κ2) is 9.90. The predicted molar refractivity (Wildman–Crippen MR) is 108 cm³/mol. The number of nitrogens with zero attached hydrogens (tertiary/aromatic N) is 4. The lowest BCUT2D eigenvalue weighted by atomic mass is 10.1. The number of carbonyl (C=O) groups is 2. The Morgan fingerprint density at radius 2 is 2.11 bits per heavy atom. The summed E-state index contributed by atoms with van der Waals surface area (Å²) in [6.45, 7) is 4.35. The molecule has 0 saturated carbocycles. The van der Waals surface area contributed by atoms with Crippen molar-refractivity contribution in [3.63, 3.8) is 0 Å². The summed E-state index contributed by atoms with van der Waals surface area (Å²) in [5, 5.41) is 16.4. The molecule has 0 spiro atoms. The number of amides is 2. The van der Waals surface area contributed by atoms with Gasteiger partial charge in [0.2, 0.25) is 11.8 Å². The van der Waals surface area contributed by atoms with Gasteiger partial charge in [0.1, 0.15) is 0 Å². The van der Waals surface area contributed by atoms with Crippen LogP contribution in [-0.4, -0.2) is 40.1 Å². The van der Waals surface area contributed by atoms with Gasteiger partial charge < -0.3 is 10.2 Å². The van der Waals surface area contributed by atoms with Gasteiger partial charge in [-0.3, -0.25) is 14.3 Å². The maximum absolute atomic E-state index is 12.4. The average Bonchev–Trinajstić information content (AvgIpc) is 2.91. The summed E-state index contributed by atoms with van der Waals surface area (Å²) in [5.74, 6) is -0.403. The molecule has 0 aliphatic rings. The van der Waals surface area contributed by atoms with E-state index in [0.717, 1.165) is 17.0 Å². The van der Waals surface area contributed by atoms with Crippen molar-refractivity contribution in [2.75, 3.05) is 18.9 Å². The number of aromatic nitrogens is 2. The molecule has 2 rings (SSSR count). The van der Waals surface area contributed by atoms with E-state index in [2.05, 4.69) is 16.5 Å². The van der Waals surface area contributed by atoms with E-state index >= 15 is 0 Å². The Kier molecular flexibility index (Phi) is 7.59. The molecule has 0 bridgehead atoms. The highest BCUT2D eigenvalue weighted by atomic mass is 35.5. The molecule has 2 amide bonds. The molecule has 8 heteroatoms. The molecule has 0 fully saturated rings. The number of likely N-dealkylation sites (N-methyl/N-ethyl adjacent to an activating group) is 1. The van der Waals surface area contributed by atoms with E-state index in [1.54, 1.807) is 36.0 Å². The van der Waals surface area contributed by atoms with Crippen LogP contribution in [0.25, 0.3) is 0 Å². The van der Waals surface area contributed by atoms with Crippen molar-refractivity contribution in [3.05, 3.63) is 46.2 Å². The first kappa shape index (κ1) is 21.5. The van der Waals surface area contributed by atoms with Crippen molar-refractivity contribution in [1.29, 1.82) is 5.26 Å². The topological polar surface area (TPSA) is 91.0 Å². The second-order valence-electron chi connectivity index (χ2n) is 6.59. The SMILES string of the molecule is Cc1nn(CCC#N)c(C)c1CCC(=O)N(C)CC(=O)Nc1cccc(Cl)c1. The van der Waals surface area contributed by atoms with Crippen LogP contribution >= 0.6 is 11.6 Å². The van der Waals surface area contributed by atoms with Crippen LogP contribution in [0.15, 0.2) is 24.3 Å². The van der Waals surface area contributed by atoms with Crippen molar-refractivity contribution < 1.29 is 9.59 Å². The van der Waals surface area contributed by atoms with Crippen molar-refractivity contribution >= 4 is 29.1 Å². The minimum Gasteiger partial charge on any atom is -0.336 e. The first-order valence-electron chi connectivity index (χ1n) is 9.01. The molecule has 1 aromatic carbocycles. The van der Waals surface area contributed by atoms with Gasteiger partial charge in [0, 0.05) is 29.9 Å². The van der Waals surface area contributed by atoms with Crippen LogP contribution in [0.3, 0.4) is 0 Å². The fraction of sp³-hybridized carbons (Fsp3) is 0.400. The van der Waals surface area contributed by atoms with Crippen molar-refractivity contribution in [3.8, 4) is 6.07 Å². The largest absolute Gasteiger partial charge is 0.336 e. The molecule has 0 saturated heterocycles. The van der Waals surface area contributed by atoms with E-state index in [1.807, 2.05) is 13.8 Å². The standard InChI is InChI=1S/C20H24ClN5O2/c1-14-18(15(2)26(24-14)11-5-10-22)8-9-20(28)25(3)13-19(27)23-17-7-4-6-16(21)12-17/h4,6-7,12H,5,8-9,11,13H2,1-3H3,(H,23,27). The van der Waals surface area contributed by atoms with E-state index in [0.29, 0.717) is 30.1 Å². The molecule has 7 nitrogen and oxygen atoms in total. The summed E-state index contributed by atoms with van der Waals surface area (Å²) in [6.07, 6.45) is 1.22. The number of halogens is 1. The monoisotopic (exact) mass is 401 g/mol. The minimum absolute atomic E-state index is 0.0370. The van der Waals surface area contributed by atoms with E-state index in [1.165, 1.54) is 4.90 Å². The smallest absolute Gasteiger partial charge is 0.243 e. The van der Waals surface area contributed by atoms with E-state index in [9.17, 15) is 9.59 Å². The van der Waals surface area contributed by atoms with Crippen molar-refractivity contribution in [2.24, 2.45) is 0 Å². The Morgan fingerprint density at radius 3 is 2.79 bits per heavy atom. The van der Waals surface area contributed by atoms with Crippen LogP contribution in [0.1, 0.15) is 29.8 Å². The normalized spacial score (nSPS) is 10.4. The number of nitrogens with one attached hydrogen (secondary N) is 1. The molecule has 0 radical (unpaired) electrons. The third-order valence-corrected chi connectivity index (χ3v) is 4.71. The second-order valence-corrected chi connectivity index (χ2v) is 7.03. The first-order valence-corrected chi connectivity index (χ1v) is 9.38. The van der Waals surface area contributed by atoms with Crippen LogP contribution in [0.5, 0.6) is 0 Å².